The first-order valence-electron chi connectivity index (χ1n) is 3.69. The Morgan fingerprint density at radius 1 is 1.50 bits per heavy atom. The van der Waals surface area contributed by atoms with Gasteiger partial charge in [-0.15, -0.1) is 6.58 Å². The fourth-order valence-electron chi connectivity index (χ4n) is 1.22. The smallest absolute Gasteiger partial charge is 0.0247 e. The zero-order valence-corrected chi connectivity index (χ0v) is 8.30. The van der Waals surface area contributed by atoms with Gasteiger partial charge in [0.1, 0.15) is 0 Å². The maximum absolute atomic E-state index is 3.75. The topological polar surface area (TPSA) is 12.0 Å². The van der Waals surface area contributed by atoms with Crippen molar-refractivity contribution in [3.05, 3.63) is 12.7 Å². The summed E-state index contributed by atoms with van der Waals surface area (Å²) >= 11 is 0. The molecule has 2 atom stereocenters. The second-order valence-corrected chi connectivity index (χ2v) is 2.93. The van der Waals surface area contributed by atoms with E-state index in [1.54, 1.807) is 0 Å². The van der Waals surface area contributed by atoms with Crippen molar-refractivity contribution in [2.75, 3.05) is 6.54 Å². The molecule has 1 N–H and O–H groups in total. The zero-order chi connectivity index (χ0) is 6.69. The standard InChI is InChI=1S/C8H15N.Ho/c1-3-8-5-4-7(2)6-9-8;/h3,7-9H,1,4-6H2,2H3;/t7-,8-;/m0./s1. The Morgan fingerprint density at radius 3 is 2.60 bits per heavy atom. The van der Waals surface area contributed by atoms with Crippen molar-refractivity contribution in [3.8, 4) is 0 Å². The van der Waals surface area contributed by atoms with Crippen LogP contribution < -0.4 is 5.32 Å². The Labute approximate surface area is 93.3 Å². The fraction of sp³-hybridized carbons (Fsp3) is 0.750. The molecule has 1 saturated heterocycles. The van der Waals surface area contributed by atoms with Crippen LogP contribution in [0.3, 0.4) is 0 Å². The molecular weight excluding hydrogens is 275 g/mol. The van der Waals surface area contributed by atoms with Crippen LogP contribution in [0.15, 0.2) is 12.7 Å². The Balaban J connectivity index is 0.000000810. The van der Waals surface area contributed by atoms with Gasteiger partial charge in [-0.3, -0.25) is 0 Å². The molecule has 0 unspecified atom stereocenters. The molecule has 2 heteroatoms. The average Bonchev–Trinajstić information content (AvgIpc) is 1.90. The molecule has 1 aliphatic heterocycles. The monoisotopic (exact) mass is 290 g/mol. The summed E-state index contributed by atoms with van der Waals surface area (Å²) in [5, 5.41) is 3.40. The van der Waals surface area contributed by atoms with Crippen molar-refractivity contribution in [1.29, 1.82) is 0 Å². The number of nitrogens with one attached hydrogen (secondary N) is 1. The minimum Gasteiger partial charge on any atom is -0.310 e. The predicted octanol–water partition coefficient (Wildman–Crippen LogP) is 1.56. The van der Waals surface area contributed by atoms with Crippen LogP contribution in [0.2, 0.25) is 0 Å². The van der Waals surface area contributed by atoms with Gasteiger partial charge in [0, 0.05) is 43.8 Å². The maximum atomic E-state index is 3.75. The van der Waals surface area contributed by atoms with Gasteiger partial charge in [0.05, 0.1) is 0 Å². The molecule has 1 rings (SSSR count). The molecule has 0 spiro atoms. The largest absolute Gasteiger partial charge is 0.310 e. The average molecular weight is 290 g/mol. The molecule has 1 nitrogen and oxygen atoms in total. The van der Waals surface area contributed by atoms with Crippen molar-refractivity contribution in [2.45, 2.75) is 25.8 Å². The second-order valence-electron chi connectivity index (χ2n) is 2.93. The Hall–Kier alpha value is 0.960. The van der Waals surface area contributed by atoms with E-state index in [0.29, 0.717) is 6.04 Å². The molecule has 0 amide bonds. The molecule has 63 valence electrons. The Morgan fingerprint density at radius 2 is 2.20 bits per heavy atom. The van der Waals surface area contributed by atoms with E-state index in [1.165, 1.54) is 12.8 Å². The van der Waals surface area contributed by atoms with Crippen LogP contribution in [0.25, 0.3) is 0 Å². The van der Waals surface area contributed by atoms with E-state index in [0.717, 1.165) is 12.5 Å². The fourth-order valence-corrected chi connectivity index (χ4v) is 1.22. The van der Waals surface area contributed by atoms with Gasteiger partial charge in [-0.05, 0) is 25.3 Å². The summed E-state index contributed by atoms with van der Waals surface area (Å²) in [4.78, 5) is 0. The molecule has 0 saturated carbocycles. The number of hydrogen-bond acceptors (Lipinski definition) is 1. The first-order chi connectivity index (χ1) is 4.33. The molecule has 0 aromatic carbocycles. The van der Waals surface area contributed by atoms with Crippen molar-refractivity contribution in [2.24, 2.45) is 5.92 Å². The minimum atomic E-state index is 0. The number of piperidine rings is 1. The van der Waals surface area contributed by atoms with Crippen LogP contribution in [0.5, 0.6) is 0 Å². The van der Waals surface area contributed by atoms with Crippen LogP contribution in [0.1, 0.15) is 19.8 Å². The van der Waals surface area contributed by atoms with Crippen LogP contribution in [0.4, 0.5) is 0 Å². The maximum Gasteiger partial charge on any atom is 0.0247 e. The molecule has 0 aromatic heterocycles. The van der Waals surface area contributed by atoms with Gasteiger partial charge >= 0.3 is 0 Å². The van der Waals surface area contributed by atoms with Gasteiger partial charge in [-0.25, -0.2) is 0 Å². The van der Waals surface area contributed by atoms with Crippen LogP contribution >= 0.6 is 0 Å². The summed E-state index contributed by atoms with van der Waals surface area (Å²) in [6, 6.07) is 0.584. The van der Waals surface area contributed by atoms with Gasteiger partial charge in [0.2, 0.25) is 0 Å². The second kappa shape index (κ2) is 5.59. The molecule has 1 aliphatic rings. The van der Waals surface area contributed by atoms with Crippen molar-refractivity contribution >= 4 is 0 Å². The van der Waals surface area contributed by atoms with Gasteiger partial charge in [-0.1, -0.05) is 13.0 Å². The summed E-state index contributed by atoms with van der Waals surface area (Å²) in [7, 11) is 0. The molecule has 0 aliphatic carbocycles. The first-order valence-corrected chi connectivity index (χ1v) is 3.69. The summed E-state index contributed by atoms with van der Waals surface area (Å²) in [6.45, 7) is 7.19. The molecular formula is C8H15HoN. The summed E-state index contributed by atoms with van der Waals surface area (Å²) in [5.41, 5.74) is 0. The van der Waals surface area contributed by atoms with E-state index in [2.05, 4.69) is 18.8 Å². The third-order valence-electron chi connectivity index (χ3n) is 1.98. The normalized spacial score (nSPS) is 32.5. The van der Waals surface area contributed by atoms with E-state index in [-0.39, 0.29) is 37.7 Å². The molecule has 0 bridgehead atoms. The number of rotatable bonds is 1. The van der Waals surface area contributed by atoms with Gasteiger partial charge in [0.25, 0.3) is 0 Å². The van der Waals surface area contributed by atoms with Crippen LogP contribution in [-0.2, 0) is 0 Å². The first kappa shape index (κ1) is 11.0. The summed E-state index contributed by atoms with van der Waals surface area (Å²) in [5.74, 6) is 0.862. The van der Waals surface area contributed by atoms with E-state index in [4.69, 9.17) is 0 Å². The summed E-state index contributed by atoms with van der Waals surface area (Å²) in [6.07, 6.45) is 4.63. The van der Waals surface area contributed by atoms with Crippen molar-refractivity contribution in [1.82, 2.24) is 5.32 Å². The van der Waals surface area contributed by atoms with Crippen LogP contribution in [0, 0.1) is 43.7 Å². The minimum absolute atomic E-state index is 0. The van der Waals surface area contributed by atoms with Crippen LogP contribution in [-0.4, -0.2) is 12.6 Å². The third kappa shape index (κ3) is 3.38. The van der Waals surface area contributed by atoms with E-state index >= 15 is 0 Å². The molecule has 1 radical (unpaired) electrons. The molecule has 1 fully saturated rings. The van der Waals surface area contributed by atoms with E-state index in [9.17, 15) is 0 Å². The van der Waals surface area contributed by atoms with Gasteiger partial charge in [0.15, 0.2) is 0 Å². The number of hydrogen-bond donors (Lipinski definition) is 1. The zero-order valence-electron chi connectivity index (χ0n) is 6.36. The predicted molar refractivity (Wildman–Crippen MR) is 40.4 cm³/mol. The van der Waals surface area contributed by atoms with Crippen molar-refractivity contribution < 1.29 is 37.7 Å². The summed E-state index contributed by atoms with van der Waals surface area (Å²) < 4.78 is 0. The van der Waals surface area contributed by atoms with Gasteiger partial charge in [-0.2, -0.15) is 0 Å². The Bertz CT molecular complexity index is 95.4. The van der Waals surface area contributed by atoms with Crippen molar-refractivity contribution in [3.63, 3.8) is 0 Å². The molecule has 0 aromatic rings. The SMILES string of the molecule is C=C[C@H]1CC[C@H](C)CN1.[Ho]. The van der Waals surface area contributed by atoms with E-state index in [1.807, 2.05) is 6.08 Å². The molecule has 10 heavy (non-hydrogen) atoms. The van der Waals surface area contributed by atoms with E-state index < -0.39 is 0 Å². The quantitative estimate of drug-likeness (QED) is 0.571. The van der Waals surface area contributed by atoms with Gasteiger partial charge < -0.3 is 5.32 Å². The molecule has 1 heterocycles. The third-order valence-corrected chi connectivity index (χ3v) is 1.98. The Kier molecular flexibility index (Phi) is 6.13.